The summed E-state index contributed by atoms with van der Waals surface area (Å²) in [4.78, 5) is 6.61. The summed E-state index contributed by atoms with van der Waals surface area (Å²) >= 11 is 0. The Morgan fingerprint density at radius 1 is 0.862 bits per heavy atom. The number of allylic oxidation sites excluding steroid dienone is 5. The van der Waals surface area contributed by atoms with Crippen molar-refractivity contribution in [2.24, 2.45) is 10.8 Å². The van der Waals surface area contributed by atoms with Gasteiger partial charge < -0.3 is 4.90 Å². The average molecular weight is 387 g/mol. The molecule has 2 aliphatic carbocycles. The molecule has 0 bridgehead atoms. The summed E-state index contributed by atoms with van der Waals surface area (Å²) in [5.41, 5.74) is 13.7. The smallest absolute Gasteiger partial charge is 0.0512 e. The molecule has 1 heterocycles. The third-order valence-corrected chi connectivity index (χ3v) is 5.60. The number of rotatable bonds is 5. The van der Waals surface area contributed by atoms with Crippen LogP contribution in [0.25, 0.3) is 0 Å². The van der Waals surface area contributed by atoms with Crippen LogP contribution >= 0.6 is 0 Å². The molecule has 3 rings (SSSR count). The molecule has 0 aromatic carbocycles. The van der Waals surface area contributed by atoms with Gasteiger partial charge in [0.25, 0.3) is 0 Å². The summed E-state index contributed by atoms with van der Waals surface area (Å²) < 4.78 is 0. The predicted molar refractivity (Wildman–Crippen MR) is 124 cm³/mol. The van der Waals surface area contributed by atoms with Crippen molar-refractivity contribution in [2.45, 2.75) is 54.4 Å². The fraction of sp³-hybridized carbons (Fsp3) is 0.444. The first-order chi connectivity index (χ1) is 13.6. The van der Waals surface area contributed by atoms with Crippen molar-refractivity contribution >= 4 is 5.69 Å². The standard InChI is InChI=1S/C27H34N2/c1-26(2,3)23-11-7-21(8-12-23)19-29(25-15-17-28-18-16-25)20-22-9-13-24(14-10-22)27(4,5)6/h7,9,11,13,15-18H,8,12,19-20H2,1-6H3. The van der Waals surface area contributed by atoms with Gasteiger partial charge in [-0.15, -0.1) is 0 Å². The van der Waals surface area contributed by atoms with Crippen molar-refractivity contribution in [1.29, 1.82) is 0 Å². The van der Waals surface area contributed by atoms with E-state index in [0.29, 0.717) is 0 Å². The lowest BCUT2D eigenvalue weighted by molar-refractivity contribution is 0.479. The number of aromatic nitrogens is 1. The third-order valence-electron chi connectivity index (χ3n) is 5.60. The monoisotopic (exact) mass is 386 g/mol. The lowest BCUT2D eigenvalue weighted by atomic mass is 9.80. The molecule has 0 unspecified atom stereocenters. The lowest BCUT2D eigenvalue weighted by Gasteiger charge is -2.30. The zero-order valence-electron chi connectivity index (χ0n) is 18.8. The van der Waals surface area contributed by atoms with E-state index in [4.69, 9.17) is 0 Å². The van der Waals surface area contributed by atoms with Crippen LogP contribution in [-0.4, -0.2) is 18.1 Å². The molecule has 152 valence electrons. The molecule has 0 N–H and O–H groups in total. The predicted octanol–water partition coefficient (Wildman–Crippen LogP) is 6.80. The van der Waals surface area contributed by atoms with Crippen LogP contribution in [0.1, 0.15) is 54.4 Å². The highest BCUT2D eigenvalue weighted by atomic mass is 15.1. The molecule has 1 aromatic heterocycles. The molecule has 0 fully saturated rings. The summed E-state index contributed by atoms with van der Waals surface area (Å²) in [6, 6.07) is 4.18. The van der Waals surface area contributed by atoms with Crippen molar-refractivity contribution in [1.82, 2.24) is 4.98 Å². The van der Waals surface area contributed by atoms with Gasteiger partial charge in [0.15, 0.2) is 0 Å². The highest BCUT2D eigenvalue weighted by Gasteiger charge is 2.20. The molecule has 0 saturated carbocycles. The van der Waals surface area contributed by atoms with E-state index in [0.717, 1.165) is 31.5 Å². The Bertz CT molecular complexity index is 930. The molecule has 0 atom stereocenters. The Hall–Kier alpha value is -2.53. The number of nitrogens with zero attached hydrogens (tertiary/aromatic N) is 2. The Morgan fingerprint density at radius 2 is 1.59 bits per heavy atom. The van der Waals surface area contributed by atoms with Gasteiger partial charge in [-0.05, 0) is 48.0 Å². The second kappa shape index (κ2) is 8.46. The summed E-state index contributed by atoms with van der Waals surface area (Å²) in [5.74, 6) is 0. The lowest BCUT2D eigenvalue weighted by Crippen LogP contribution is -2.28. The van der Waals surface area contributed by atoms with Gasteiger partial charge >= 0.3 is 0 Å². The van der Waals surface area contributed by atoms with Gasteiger partial charge in [0, 0.05) is 35.8 Å². The molecule has 0 spiro atoms. The maximum atomic E-state index is 4.19. The maximum Gasteiger partial charge on any atom is 0.0512 e. The van der Waals surface area contributed by atoms with E-state index in [1.165, 1.54) is 22.4 Å². The normalized spacial score (nSPS) is 16.8. The van der Waals surface area contributed by atoms with Crippen LogP contribution < -0.4 is 4.90 Å². The minimum Gasteiger partial charge on any atom is -0.362 e. The maximum absolute atomic E-state index is 4.19. The molecule has 0 saturated heterocycles. The van der Waals surface area contributed by atoms with Gasteiger partial charge in [-0.2, -0.15) is 0 Å². The van der Waals surface area contributed by atoms with Crippen LogP contribution in [0.4, 0.5) is 5.69 Å². The van der Waals surface area contributed by atoms with Crippen LogP contribution in [0.5, 0.6) is 0 Å². The second-order valence-corrected chi connectivity index (χ2v) is 10.1. The highest BCUT2D eigenvalue weighted by molar-refractivity contribution is 5.50. The summed E-state index contributed by atoms with van der Waals surface area (Å²) in [6.45, 7) is 15.3. The average Bonchev–Trinajstić information content (AvgIpc) is 2.68. The summed E-state index contributed by atoms with van der Waals surface area (Å²) in [6.07, 6.45) is 15.1. The van der Waals surface area contributed by atoms with Crippen LogP contribution in [0.15, 0.2) is 82.6 Å². The number of hydrogen-bond acceptors (Lipinski definition) is 2. The fourth-order valence-electron chi connectivity index (χ4n) is 3.63. The molecule has 29 heavy (non-hydrogen) atoms. The SMILES string of the molecule is CC(C)(C)C1=C=C=C(CN(CC2=CC=C(C(C)(C)C)CC2)c2ccncc2)C=C1. The van der Waals surface area contributed by atoms with Crippen molar-refractivity contribution in [3.05, 3.63) is 82.6 Å². The molecular weight excluding hydrogens is 352 g/mol. The third kappa shape index (κ3) is 5.73. The Balaban J connectivity index is 1.84. The fourth-order valence-corrected chi connectivity index (χ4v) is 3.63. The van der Waals surface area contributed by atoms with Gasteiger partial charge in [-0.1, -0.05) is 76.3 Å². The van der Waals surface area contributed by atoms with E-state index >= 15 is 0 Å². The second-order valence-electron chi connectivity index (χ2n) is 10.1. The molecule has 0 radical (unpaired) electrons. The van der Waals surface area contributed by atoms with Crippen molar-refractivity contribution < 1.29 is 0 Å². The van der Waals surface area contributed by atoms with Crippen molar-refractivity contribution in [2.75, 3.05) is 18.0 Å². The number of pyridine rings is 1. The highest BCUT2D eigenvalue weighted by Crippen LogP contribution is 2.33. The summed E-state index contributed by atoms with van der Waals surface area (Å²) in [5, 5.41) is 0. The van der Waals surface area contributed by atoms with Crippen LogP contribution in [0.3, 0.4) is 0 Å². The van der Waals surface area contributed by atoms with Gasteiger partial charge in [-0.3, -0.25) is 4.98 Å². The van der Waals surface area contributed by atoms with Gasteiger partial charge in [0.05, 0.1) is 6.54 Å². The van der Waals surface area contributed by atoms with Gasteiger partial charge in [0.1, 0.15) is 0 Å². The summed E-state index contributed by atoms with van der Waals surface area (Å²) in [7, 11) is 0. The topological polar surface area (TPSA) is 16.1 Å². The number of hydrogen-bond donors (Lipinski definition) is 0. The zero-order chi connectivity index (χ0) is 21.1. The van der Waals surface area contributed by atoms with E-state index < -0.39 is 0 Å². The van der Waals surface area contributed by atoms with Crippen molar-refractivity contribution in [3.8, 4) is 0 Å². The van der Waals surface area contributed by atoms with Gasteiger partial charge in [0.2, 0.25) is 0 Å². The molecular formula is C27H34N2. The molecule has 0 aliphatic heterocycles. The first-order valence-electron chi connectivity index (χ1n) is 10.6. The van der Waals surface area contributed by atoms with E-state index in [1.807, 2.05) is 12.4 Å². The minimum atomic E-state index is 0.101. The Kier molecular flexibility index (Phi) is 6.18. The molecule has 0 amide bonds. The molecule has 2 heteroatoms. The minimum absolute atomic E-state index is 0.101. The first kappa shape index (κ1) is 21.2. The molecule has 2 nitrogen and oxygen atoms in total. The zero-order valence-corrected chi connectivity index (χ0v) is 18.8. The van der Waals surface area contributed by atoms with Gasteiger partial charge in [-0.25, -0.2) is 0 Å². The largest absolute Gasteiger partial charge is 0.362 e. The molecule has 2 aliphatic rings. The van der Waals surface area contributed by atoms with Crippen LogP contribution in [0, 0.1) is 10.8 Å². The number of anilines is 1. The Labute approximate surface area is 176 Å². The van der Waals surface area contributed by atoms with E-state index in [9.17, 15) is 0 Å². The van der Waals surface area contributed by atoms with E-state index in [2.05, 4.69) is 99.3 Å². The van der Waals surface area contributed by atoms with Crippen LogP contribution in [-0.2, 0) is 0 Å². The first-order valence-corrected chi connectivity index (χ1v) is 10.6. The van der Waals surface area contributed by atoms with Crippen molar-refractivity contribution in [3.63, 3.8) is 0 Å². The van der Waals surface area contributed by atoms with E-state index in [-0.39, 0.29) is 10.8 Å². The van der Waals surface area contributed by atoms with Crippen LogP contribution in [0.2, 0.25) is 0 Å². The van der Waals surface area contributed by atoms with E-state index in [1.54, 1.807) is 0 Å². The Morgan fingerprint density at radius 3 is 2.10 bits per heavy atom. The quantitative estimate of drug-likeness (QED) is 0.517. The molecule has 1 aromatic rings.